The SMILES string of the molecule is Cc1onc(-c2ccccc2)c1C(=O)N1CCC[C@H]1c1ccccn1. The van der Waals surface area contributed by atoms with E-state index in [9.17, 15) is 4.79 Å². The molecule has 25 heavy (non-hydrogen) atoms. The second kappa shape index (κ2) is 6.51. The Kier molecular flexibility index (Phi) is 4.06. The van der Waals surface area contributed by atoms with Gasteiger partial charge >= 0.3 is 0 Å². The standard InChI is InChI=1S/C20H19N3O2/c1-14-18(19(22-25-14)15-8-3-2-4-9-15)20(24)23-13-7-11-17(23)16-10-5-6-12-21-16/h2-6,8-10,12,17H,7,11,13H2,1H3/t17-/m0/s1. The number of pyridine rings is 1. The molecule has 1 aliphatic rings. The molecular formula is C20H19N3O2. The van der Waals surface area contributed by atoms with Crippen molar-refractivity contribution in [1.29, 1.82) is 0 Å². The number of carbonyl (C=O) groups is 1. The van der Waals surface area contributed by atoms with Crippen molar-refractivity contribution >= 4 is 5.91 Å². The van der Waals surface area contributed by atoms with Crippen LogP contribution in [0.25, 0.3) is 11.3 Å². The largest absolute Gasteiger partial charge is 0.360 e. The monoisotopic (exact) mass is 333 g/mol. The lowest BCUT2D eigenvalue weighted by molar-refractivity contribution is 0.0732. The van der Waals surface area contributed by atoms with Gasteiger partial charge in [-0.2, -0.15) is 0 Å². The Bertz CT molecular complexity index is 874. The topological polar surface area (TPSA) is 59.2 Å². The lowest BCUT2D eigenvalue weighted by Crippen LogP contribution is -2.31. The number of aromatic nitrogens is 2. The van der Waals surface area contributed by atoms with Crippen LogP contribution in [0, 0.1) is 6.92 Å². The molecule has 3 heterocycles. The Hall–Kier alpha value is -2.95. The molecule has 0 aliphatic carbocycles. The van der Waals surface area contributed by atoms with E-state index < -0.39 is 0 Å². The molecule has 1 atom stereocenters. The number of rotatable bonds is 3. The summed E-state index contributed by atoms with van der Waals surface area (Å²) in [6.07, 6.45) is 3.67. The highest BCUT2D eigenvalue weighted by molar-refractivity contribution is 6.01. The van der Waals surface area contributed by atoms with Crippen molar-refractivity contribution in [3.05, 3.63) is 71.7 Å². The first-order chi connectivity index (χ1) is 12.3. The van der Waals surface area contributed by atoms with Crippen LogP contribution in [0.4, 0.5) is 0 Å². The summed E-state index contributed by atoms with van der Waals surface area (Å²) in [5, 5.41) is 4.14. The zero-order valence-corrected chi connectivity index (χ0v) is 14.1. The van der Waals surface area contributed by atoms with Gasteiger partial charge in [-0.15, -0.1) is 0 Å². The molecule has 3 aromatic rings. The van der Waals surface area contributed by atoms with Crippen molar-refractivity contribution in [3.63, 3.8) is 0 Å². The second-order valence-corrected chi connectivity index (χ2v) is 6.24. The van der Waals surface area contributed by atoms with Crippen LogP contribution in [0.1, 0.15) is 40.7 Å². The van der Waals surface area contributed by atoms with Gasteiger partial charge in [0.15, 0.2) is 0 Å². The molecule has 0 radical (unpaired) electrons. The molecule has 0 bridgehead atoms. The maximum Gasteiger partial charge on any atom is 0.260 e. The summed E-state index contributed by atoms with van der Waals surface area (Å²) in [5.74, 6) is 0.515. The van der Waals surface area contributed by atoms with Gasteiger partial charge < -0.3 is 9.42 Å². The predicted molar refractivity (Wildman–Crippen MR) is 93.9 cm³/mol. The van der Waals surface area contributed by atoms with E-state index in [2.05, 4.69) is 10.1 Å². The average molecular weight is 333 g/mol. The van der Waals surface area contributed by atoms with Crippen LogP contribution in [0.15, 0.2) is 59.3 Å². The molecule has 0 N–H and O–H groups in total. The van der Waals surface area contributed by atoms with E-state index in [4.69, 9.17) is 4.52 Å². The van der Waals surface area contributed by atoms with Gasteiger partial charge in [0.1, 0.15) is 17.0 Å². The van der Waals surface area contributed by atoms with Crippen LogP contribution >= 0.6 is 0 Å². The van der Waals surface area contributed by atoms with E-state index in [0.29, 0.717) is 17.0 Å². The molecule has 5 nitrogen and oxygen atoms in total. The first-order valence-corrected chi connectivity index (χ1v) is 8.49. The van der Waals surface area contributed by atoms with Gasteiger partial charge in [-0.1, -0.05) is 41.6 Å². The molecule has 5 heteroatoms. The predicted octanol–water partition coefficient (Wildman–Crippen LogP) is 4.02. The fraction of sp³-hybridized carbons (Fsp3) is 0.250. The summed E-state index contributed by atoms with van der Waals surface area (Å²) in [4.78, 5) is 19.6. The molecule has 2 aromatic heterocycles. The number of benzene rings is 1. The van der Waals surface area contributed by atoms with Gasteiger partial charge in [-0.3, -0.25) is 9.78 Å². The average Bonchev–Trinajstić information content (AvgIpc) is 3.29. The van der Waals surface area contributed by atoms with Crippen LogP contribution in [-0.2, 0) is 0 Å². The highest BCUT2D eigenvalue weighted by atomic mass is 16.5. The fourth-order valence-corrected chi connectivity index (χ4v) is 3.45. The van der Waals surface area contributed by atoms with Crippen molar-refractivity contribution in [2.75, 3.05) is 6.54 Å². The van der Waals surface area contributed by atoms with Gasteiger partial charge in [0.25, 0.3) is 5.91 Å². The number of hydrogen-bond acceptors (Lipinski definition) is 4. The smallest absolute Gasteiger partial charge is 0.260 e. The summed E-state index contributed by atoms with van der Waals surface area (Å²) in [6.45, 7) is 2.51. The molecule has 0 saturated carbocycles. The van der Waals surface area contributed by atoms with Gasteiger partial charge in [-0.05, 0) is 31.9 Å². The second-order valence-electron chi connectivity index (χ2n) is 6.24. The van der Waals surface area contributed by atoms with Crippen molar-refractivity contribution in [1.82, 2.24) is 15.0 Å². The van der Waals surface area contributed by atoms with Crippen LogP contribution in [0.2, 0.25) is 0 Å². The number of amides is 1. The lowest BCUT2D eigenvalue weighted by Gasteiger charge is -2.24. The molecule has 1 aliphatic heterocycles. The minimum absolute atomic E-state index is 0.00613. The van der Waals surface area contributed by atoms with Crippen LogP contribution < -0.4 is 0 Å². The minimum atomic E-state index is -0.0363. The summed E-state index contributed by atoms with van der Waals surface area (Å²) in [6, 6.07) is 15.5. The zero-order chi connectivity index (χ0) is 17.2. The van der Waals surface area contributed by atoms with E-state index in [0.717, 1.165) is 30.6 Å². The first-order valence-electron chi connectivity index (χ1n) is 8.49. The fourth-order valence-electron chi connectivity index (χ4n) is 3.45. The van der Waals surface area contributed by atoms with Gasteiger partial charge in [-0.25, -0.2) is 0 Å². The van der Waals surface area contributed by atoms with Crippen molar-refractivity contribution in [2.24, 2.45) is 0 Å². The normalized spacial score (nSPS) is 17.0. The number of likely N-dealkylation sites (tertiary alicyclic amines) is 1. The van der Waals surface area contributed by atoms with Crippen molar-refractivity contribution in [3.8, 4) is 11.3 Å². The maximum atomic E-state index is 13.3. The van der Waals surface area contributed by atoms with Crippen LogP contribution in [-0.4, -0.2) is 27.5 Å². The van der Waals surface area contributed by atoms with Gasteiger partial charge in [0.05, 0.1) is 11.7 Å². The Morgan fingerprint density at radius 2 is 1.96 bits per heavy atom. The Balaban J connectivity index is 1.71. The lowest BCUT2D eigenvalue weighted by atomic mass is 10.0. The van der Waals surface area contributed by atoms with Gasteiger partial charge in [0, 0.05) is 18.3 Å². The highest BCUT2D eigenvalue weighted by Crippen LogP contribution is 2.34. The summed E-state index contributed by atoms with van der Waals surface area (Å²) >= 11 is 0. The molecule has 4 rings (SSSR count). The Labute approximate surface area is 146 Å². The number of nitrogens with zero attached hydrogens (tertiary/aromatic N) is 3. The first kappa shape index (κ1) is 15.6. The summed E-state index contributed by atoms with van der Waals surface area (Å²) in [5.41, 5.74) is 2.98. The van der Waals surface area contributed by atoms with Crippen molar-refractivity contribution < 1.29 is 9.32 Å². The third-order valence-electron chi connectivity index (χ3n) is 4.67. The molecule has 0 spiro atoms. The molecular weight excluding hydrogens is 314 g/mol. The third-order valence-corrected chi connectivity index (χ3v) is 4.67. The molecule has 126 valence electrons. The van der Waals surface area contributed by atoms with Gasteiger partial charge in [0.2, 0.25) is 0 Å². The molecule has 0 unspecified atom stereocenters. The number of carbonyl (C=O) groups excluding carboxylic acids is 1. The zero-order valence-electron chi connectivity index (χ0n) is 14.1. The minimum Gasteiger partial charge on any atom is -0.360 e. The molecule has 1 amide bonds. The van der Waals surface area contributed by atoms with E-state index in [-0.39, 0.29) is 11.9 Å². The summed E-state index contributed by atoms with van der Waals surface area (Å²) < 4.78 is 5.36. The highest BCUT2D eigenvalue weighted by Gasteiger charge is 2.34. The van der Waals surface area contributed by atoms with E-state index in [1.165, 1.54) is 0 Å². The third kappa shape index (κ3) is 2.82. The van der Waals surface area contributed by atoms with E-state index >= 15 is 0 Å². The molecule has 1 aromatic carbocycles. The Morgan fingerprint density at radius 3 is 2.72 bits per heavy atom. The number of hydrogen-bond donors (Lipinski definition) is 0. The molecule has 1 saturated heterocycles. The van der Waals surface area contributed by atoms with Crippen LogP contribution in [0.5, 0.6) is 0 Å². The van der Waals surface area contributed by atoms with Crippen molar-refractivity contribution in [2.45, 2.75) is 25.8 Å². The quantitative estimate of drug-likeness (QED) is 0.726. The number of aryl methyl sites for hydroxylation is 1. The Morgan fingerprint density at radius 1 is 1.16 bits per heavy atom. The van der Waals surface area contributed by atoms with Crippen LogP contribution in [0.3, 0.4) is 0 Å². The van der Waals surface area contributed by atoms with E-state index in [1.54, 1.807) is 13.1 Å². The van der Waals surface area contributed by atoms with E-state index in [1.807, 2.05) is 53.4 Å². The molecule has 1 fully saturated rings. The summed E-state index contributed by atoms with van der Waals surface area (Å²) in [7, 11) is 0. The maximum absolute atomic E-state index is 13.3.